The van der Waals surface area contributed by atoms with E-state index in [1.54, 1.807) is 0 Å². The van der Waals surface area contributed by atoms with Crippen LogP contribution < -0.4 is 29.6 Å². The number of rotatable bonds is 26. The van der Waals surface area contributed by atoms with E-state index in [0.717, 1.165) is 38.5 Å². The average Bonchev–Trinajstić information content (AvgIpc) is 2.77. The van der Waals surface area contributed by atoms with E-state index in [1.165, 1.54) is 109 Å². The van der Waals surface area contributed by atoms with E-state index >= 15 is 0 Å². The molecule has 0 aliphatic carbocycles. The zero-order chi connectivity index (χ0) is 25.3. The summed E-state index contributed by atoms with van der Waals surface area (Å²) in [6.45, 7) is 4.48. The first-order valence-electron chi connectivity index (χ1n) is 14.5. The van der Waals surface area contributed by atoms with Crippen molar-refractivity contribution in [3.63, 3.8) is 0 Å². The Hall–Kier alpha value is 0.380. The van der Waals surface area contributed by atoms with Crippen molar-refractivity contribution in [3.05, 3.63) is 0 Å². The van der Waals surface area contributed by atoms with E-state index in [-0.39, 0.29) is 35.7 Å². The van der Waals surface area contributed by atoms with Crippen molar-refractivity contribution in [1.29, 1.82) is 0 Å². The fourth-order valence-corrected chi connectivity index (χ4v) is 4.88. The molecule has 5 nitrogen and oxygen atoms in total. The van der Waals surface area contributed by atoms with Crippen molar-refractivity contribution in [2.24, 2.45) is 0 Å². The third-order valence-corrected chi connectivity index (χ3v) is 7.19. The van der Waals surface area contributed by atoms with Gasteiger partial charge in [0.25, 0.3) is 0 Å². The van der Waals surface area contributed by atoms with Crippen LogP contribution in [0.2, 0.25) is 0 Å². The van der Waals surface area contributed by atoms with E-state index in [0.29, 0.717) is 0 Å². The molecule has 35 heavy (non-hydrogen) atoms. The molecule has 0 radical (unpaired) electrons. The number of carbonyl (C=O) groups excluding carboxylic acids is 1. The summed E-state index contributed by atoms with van der Waals surface area (Å²) >= 11 is 0. The van der Waals surface area contributed by atoms with Crippen LogP contribution in [-0.4, -0.2) is 30.8 Å². The molecule has 0 aromatic carbocycles. The molecule has 1 unspecified atom stereocenters. The Kier molecular flexibility index (Phi) is 29.4. The Bertz CT molecular complexity index is 554. The van der Waals surface area contributed by atoms with Gasteiger partial charge in [0, 0.05) is 0 Å². The molecule has 1 atom stereocenters. The maximum absolute atomic E-state index is 11.9. The van der Waals surface area contributed by atoms with Gasteiger partial charge >= 0.3 is 35.5 Å². The summed E-state index contributed by atoms with van der Waals surface area (Å²) in [5, 5.41) is 0. The van der Waals surface area contributed by atoms with Crippen LogP contribution in [0.15, 0.2) is 0 Å². The van der Waals surface area contributed by atoms with E-state index in [2.05, 4.69) is 13.8 Å². The summed E-state index contributed by atoms with van der Waals surface area (Å²) in [4.78, 5) is 11.9. The van der Waals surface area contributed by atoms with Gasteiger partial charge in [-0.3, -0.25) is 4.79 Å². The summed E-state index contributed by atoms with van der Waals surface area (Å²) in [6.07, 6.45) is 27.6. The van der Waals surface area contributed by atoms with Crippen molar-refractivity contribution in [1.82, 2.24) is 0 Å². The fourth-order valence-electron chi connectivity index (χ4n) is 4.52. The van der Waals surface area contributed by atoms with Crippen LogP contribution in [0.5, 0.6) is 0 Å². The van der Waals surface area contributed by atoms with E-state index in [9.17, 15) is 17.8 Å². The van der Waals surface area contributed by atoms with Gasteiger partial charge in [-0.05, 0) is 25.7 Å². The predicted octanol–water partition coefficient (Wildman–Crippen LogP) is 5.46. The molecule has 204 valence electrons. The number of ether oxygens (including phenoxy) is 1. The van der Waals surface area contributed by atoms with Crippen molar-refractivity contribution >= 4 is 16.1 Å². The smallest absolute Gasteiger partial charge is 0.748 e. The van der Waals surface area contributed by atoms with Gasteiger partial charge in [0.1, 0.15) is 22.0 Å². The molecule has 0 fully saturated rings. The Morgan fingerprint density at radius 2 is 0.886 bits per heavy atom. The number of unbranched alkanes of at least 4 members (excludes halogenated alkanes) is 19. The van der Waals surface area contributed by atoms with Crippen LogP contribution in [0.3, 0.4) is 0 Å². The Morgan fingerprint density at radius 1 is 0.600 bits per heavy atom. The minimum atomic E-state index is -4.58. The topological polar surface area (TPSA) is 83.5 Å². The van der Waals surface area contributed by atoms with Gasteiger partial charge in [0.05, 0.1) is 0 Å². The van der Waals surface area contributed by atoms with Gasteiger partial charge in [-0.2, -0.15) is 0 Å². The standard InChI is InChI=1S/C28H56O5S.Na/c1-3-5-7-9-11-13-15-17-19-21-23-25-27(33-28(29)26-34(30,31)32)24-22-20-18-16-14-12-10-8-6-4-2;/h27H,3-26H2,1-2H3,(H,30,31,32);/q;+1/p-1. The maximum atomic E-state index is 11.9. The summed E-state index contributed by atoms with van der Waals surface area (Å²) in [5.41, 5.74) is 0. The van der Waals surface area contributed by atoms with Crippen LogP contribution >= 0.6 is 0 Å². The van der Waals surface area contributed by atoms with E-state index in [1.807, 2.05) is 0 Å². The van der Waals surface area contributed by atoms with Crippen LogP contribution in [-0.2, 0) is 19.6 Å². The second kappa shape index (κ2) is 27.4. The SMILES string of the molecule is CCCCCCCCCCCCCC(CCCCCCCCCCCC)OC(=O)CS(=O)(=O)[O-].[Na+]. The van der Waals surface area contributed by atoms with Gasteiger partial charge in [0.15, 0.2) is 0 Å². The van der Waals surface area contributed by atoms with Crippen LogP contribution in [0.1, 0.15) is 162 Å². The van der Waals surface area contributed by atoms with Gasteiger partial charge in [-0.1, -0.05) is 136 Å². The van der Waals surface area contributed by atoms with Gasteiger partial charge in [-0.25, -0.2) is 8.42 Å². The van der Waals surface area contributed by atoms with Crippen LogP contribution in [0.25, 0.3) is 0 Å². The maximum Gasteiger partial charge on any atom is 1.00 e. The molecule has 0 heterocycles. The molecule has 0 aliphatic heterocycles. The first-order valence-corrected chi connectivity index (χ1v) is 16.1. The van der Waals surface area contributed by atoms with Crippen molar-refractivity contribution in [3.8, 4) is 0 Å². The van der Waals surface area contributed by atoms with Crippen LogP contribution in [0.4, 0.5) is 0 Å². The number of esters is 1. The first-order chi connectivity index (χ1) is 16.4. The van der Waals surface area contributed by atoms with Crippen LogP contribution in [0, 0.1) is 0 Å². The Morgan fingerprint density at radius 3 is 1.17 bits per heavy atom. The quantitative estimate of drug-likeness (QED) is 0.0647. The third kappa shape index (κ3) is 30.5. The Balaban J connectivity index is 0. The molecular formula is C28H55NaO5S. The molecule has 7 heteroatoms. The molecule has 0 bridgehead atoms. The minimum absolute atomic E-state index is 0. The van der Waals surface area contributed by atoms with Gasteiger partial charge in [-0.15, -0.1) is 0 Å². The van der Waals surface area contributed by atoms with Crippen molar-refractivity contribution in [2.45, 2.75) is 168 Å². The fraction of sp³-hybridized carbons (Fsp3) is 0.964. The molecule has 0 aliphatic rings. The van der Waals surface area contributed by atoms with Crippen molar-refractivity contribution < 1.29 is 52.1 Å². The summed E-state index contributed by atoms with van der Waals surface area (Å²) in [6, 6.07) is 0. The Labute approximate surface area is 240 Å². The molecule has 0 spiro atoms. The molecule has 0 rings (SSSR count). The molecule has 0 saturated heterocycles. The van der Waals surface area contributed by atoms with Crippen molar-refractivity contribution in [2.75, 3.05) is 5.75 Å². The minimum Gasteiger partial charge on any atom is -0.748 e. The molecule has 0 saturated carbocycles. The average molecular weight is 527 g/mol. The second-order valence-corrected chi connectivity index (χ2v) is 11.5. The molecule has 0 aromatic heterocycles. The number of hydrogen-bond acceptors (Lipinski definition) is 5. The first kappa shape index (κ1) is 37.5. The normalized spacial score (nSPS) is 12.3. The largest absolute Gasteiger partial charge is 1.00 e. The van der Waals surface area contributed by atoms with Gasteiger partial charge < -0.3 is 9.29 Å². The predicted molar refractivity (Wildman–Crippen MR) is 142 cm³/mol. The van der Waals surface area contributed by atoms with E-state index in [4.69, 9.17) is 4.74 Å². The van der Waals surface area contributed by atoms with E-state index < -0.39 is 21.8 Å². The molecule has 0 N–H and O–H groups in total. The summed E-state index contributed by atoms with van der Waals surface area (Å²) in [5.74, 6) is -1.95. The summed E-state index contributed by atoms with van der Waals surface area (Å²) in [7, 11) is -4.58. The second-order valence-electron chi connectivity index (χ2n) is 10.1. The number of carbonyl (C=O) groups is 1. The zero-order valence-corrected chi connectivity index (χ0v) is 26.3. The van der Waals surface area contributed by atoms with Gasteiger partial charge in [0.2, 0.25) is 0 Å². The molecule has 0 amide bonds. The molecule has 0 aromatic rings. The third-order valence-electron chi connectivity index (χ3n) is 6.60. The monoisotopic (exact) mass is 526 g/mol. The summed E-state index contributed by atoms with van der Waals surface area (Å²) < 4.78 is 38.0. The molecular weight excluding hydrogens is 471 g/mol. The number of hydrogen-bond donors (Lipinski definition) is 0. The zero-order valence-electron chi connectivity index (χ0n) is 23.5.